The molecule has 0 aliphatic carbocycles. The van der Waals surface area contributed by atoms with Crippen molar-refractivity contribution in [1.82, 2.24) is 0 Å². The van der Waals surface area contributed by atoms with Crippen molar-refractivity contribution < 1.29 is 19.1 Å². The highest BCUT2D eigenvalue weighted by atomic mass is 79.9. The number of hydrogen-bond donors (Lipinski definition) is 0. The minimum absolute atomic E-state index is 0.102. The molecule has 0 radical (unpaired) electrons. The van der Waals surface area contributed by atoms with Crippen molar-refractivity contribution >= 4 is 21.6 Å². The van der Waals surface area contributed by atoms with Crippen LogP contribution in [0.25, 0.3) is 0 Å². The van der Waals surface area contributed by atoms with Gasteiger partial charge in [-0.3, -0.25) is 10.1 Å². The maximum Gasteiger partial charge on any atom is 0.352 e. The van der Waals surface area contributed by atoms with Gasteiger partial charge in [-0.15, -0.1) is 0 Å². The van der Waals surface area contributed by atoms with E-state index in [1.165, 1.54) is 19.2 Å². The highest BCUT2D eigenvalue weighted by Crippen LogP contribution is 2.41. The van der Waals surface area contributed by atoms with Crippen molar-refractivity contribution in [1.29, 1.82) is 0 Å². The van der Waals surface area contributed by atoms with Crippen LogP contribution in [0.2, 0.25) is 0 Å². The van der Waals surface area contributed by atoms with Crippen LogP contribution in [-0.2, 0) is 0 Å². The standard InChI is InChI=1S/C14H12BrNO5/c1-19-9-6-7-11(10(15)8-9)21-13-5-3-4-12(20-2)14(13)16(17)18/h3-8H,1-2H3. The summed E-state index contributed by atoms with van der Waals surface area (Å²) in [6, 6.07) is 9.71. The van der Waals surface area contributed by atoms with Crippen LogP contribution in [0, 0.1) is 10.1 Å². The molecule has 0 aliphatic heterocycles. The highest BCUT2D eigenvalue weighted by Gasteiger charge is 2.22. The molecule has 0 spiro atoms. The summed E-state index contributed by atoms with van der Waals surface area (Å²) in [5.41, 5.74) is -0.220. The monoisotopic (exact) mass is 353 g/mol. The van der Waals surface area contributed by atoms with Crippen LogP contribution >= 0.6 is 15.9 Å². The first-order valence-electron chi connectivity index (χ1n) is 5.89. The van der Waals surface area contributed by atoms with Gasteiger partial charge in [0.25, 0.3) is 0 Å². The van der Waals surface area contributed by atoms with Gasteiger partial charge in [0.05, 0.1) is 23.6 Å². The molecule has 0 aliphatic rings. The first-order chi connectivity index (χ1) is 10.1. The first kappa shape index (κ1) is 15.1. The van der Waals surface area contributed by atoms with E-state index in [-0.39, 0.29) is 17.2 Å². The van der Waals surface area contributed by atoms with Gasteiger partial charge in [0.15, 0.2) is 0 Å². The van der Waals surface area contributed by atoms with E-state index < -0.39 is 4.92 Å². The minimum Gasteiger partial charge on any atom is -0.497 e. The van der Waals surface area contributed by atoms with Gasteiger partial charge in [0, 0.05) is 0 Å². The van der Waals surface area contributed by atoms with E-state index in [2.05, 4.69) is 15.9 Å². The molecular weight excluding hydrogens is 342 g/mol. The van der Waals surface area contributed by atoms with Crippen LogP contribution in [0.1, 0.15) is 0 Å². The largest absolute Gasteiger partial charge is 0.497 e. The molecule has 0 amide bonds. The topological polar surface area (TPSA) is 70.8 Å². The lowest BCUT2D eigenvalue weighted by atomic mass is 10.2. The number of nitrogens with zero attached hydrogens (tertiary/aromatic N) is 1. The summed E-state index contributed by atoms with van der Waals surface area (Å²) in [6.45, 7) is 0. The zero-order chi connectivity index (χ0) is 15.4. The third-order valence-corrected chi connectivity index (χ3v) is 3.34. The van der Waals surface area contributed by atoms with Crippen molar-refractivity contribution in [2.45, 2.75) is 0 Å². The molecule has 0 atom stereocenters. The lowest BCUT2D eigenvalue weighted by molar-refractivity contribution is -0.386. The lowest BCUT2D eigenvalue weighted by Crippen LogP contribution is -1.97. The zero-order valence-electron chi connectivity index (χ0n) is 11.3. The molecule has 0 aromatic heterocycles. The molecule has 7 heteroatoms. The average molecular weight is 354 g/mol. The number of nitro benzene ring substituents is 1. The lowest BCUT2D eigenvalue weighted by Gasteiger charge is -2.10. The third kappa shape index (κ3) is 3.25. The molecule has 2 rings (SSSR count). The molecule has 0 bridgehead atoms. The zero-order valence-corrected chi connectivity index (χ0v) is 12.9. The highest BCUT2D eigenvalue weighted by molar-refractivity contribution is 9.10. The average Bonchev–Trinajstić information content (AvgIpc) is 2.48. The van der Waals surface area contributed by atoms with Gasteiger partial charge < -0.3 is 14.2 Å². The summed E-state index contributed by atoms with van der Waals surface area (Å²) in [6.07, 6.45) is 0. The predicted molar refractivity (Wildman–Crippen MR) is 80.4 cm³/mol. The minimum atomic E-state index is -0.536. The second-order valence-corrected chi connectivity index (χ2v) is 4.82. The Morgan fingerprint density at radius 2 is 1.76 bits per heavy atom. The van der Waals surface area contributed by atoms with Crippen molar-refractivity contribution in [2.24, 2.45) is 0 Å². The molecule has 0 saturated heterocycles. The molecule has 0 fully saturated rings. The molecule has 110 valence electrons. The van der Waals surface area contributed by atoms with Crippen LogP contribution in [0.5, 0.6) is 23.0 Å². The number of methoxy groups -OCH3 is 2. The number of halogens is 1. The number of nitro groups is 1. The predicted octanol–water partition coefficient (Wildman–Crippen LogP) is 4.17. The fourth-order valence-electron chi connectivity index (χ4n) is 1.74. The van der Waals surface area contributed by atoms with Gasteiger partial charge >= 0.3 is 5.69 Å². The molecular formula is C14H12BrNO5. The van der Waals surface area contributed by atoms with Gasteiger partial charge in [0.1, 0.15) is 11.5 Å². The SMILES string of the molecule is COc1ccc(Oc2cccc(OC)c2[N+](=O)[O-])c(Br)c1. The molecule has 0 heterocycles. The van der Waals surface area contributed by atoms with Crippen molar-refractivity contribution in [3.05, 3.63) is 51.0 Å². The molecule has 21 heavy (non-hydrogen) atoms. The molecule has 2 aromatic rings. The van der Waals surface area contributed by atoms with Crippen LogP contribution in [0.15, 0.2) is 40.9 Å². The number of para-hydroxylation sites is 1. The van der Waals surface area contributed by atoms with Crippen LogP contribution < -0.4 is 14.2 Å². The number of benzene rings is 2. The van der Waals surface area contributed by atoms with E-state index in [1.807, 2.05) is 0 Å². The van der Waals surface area contributed by atoms with Crippen molar-refractivity contribution in [2.75, 3.05) is 14.2 Å². The van der Waals surface area contributed by atoms with Gasteiger partial charge in [-0.1, -0.05) is 6.07 Å². The Kier molecular flexibility index (Phi) is 4.64. The van der Waals surface area contributed by atoms with Crippen molar-refractivity contribution in [3.63, 3.8) is 0 Å². The molecule has 6 nitrogen and oxygen atoms in total. The Bertz CT molecular complexity index is 674. The first-order valence-corrected chi connectivity index (χ1v) is 6.69. The molecule has 0 N–H and O–H groups in total. The van der Waals surface area contributed by atoms with Crippen LogP contribution in [0.4, 0.5) is 5.69 Å². The Morgan fingerprint density at radius 3 is 2.33 bits per heavy atom. The fourth-order valence-corrected chi connectivity index (χ4v) is 2.18. The van der Waals surface area contributed by atoms with Crippen molar-refractivity contribution in [3.8, 4) is 23.0 Å². The number of ether oxygens (including phenoxy) is 3. The maximum absolute atomic E-state index is 11.2. The Labute approximate surface area is 129 Å². The Morgan fingerprint density at radius 1 is 1.05 bits per heavy atom. The summed E-state index contributed by atoms with van der Waals surface area (Å²) >= 11 is 3.34. The number of rotatable bonds is 5. The van der Waals surface area contributed by atoms with E-state index in [9.17, 15) is 10.1 Å². The summed E-state index contributed by atoms with van der Waals surface area (Å²) in [4.78, 5) is 10.7. The summed E-state index contributed by atoms with van der Waals surface area (Å²) in [5.74, 6) is 1.33. The normalized spacial score (nSPS) is 10.0. The second-order valence-electron chi connectivity index (χ2n) is 3.96. The molecule has 0 saturated carbocycles. The van der Waals surface area contributed by atoms with Gasteiger partial charge in [-0.05, 0) is 46.3 Å². The quantitative estimate of drug-likeness (QED) is 0.595. The second kappa shape index (κ2) is 6.45. The number of hydrogen-bond acceptors (Lipinski definition) is 5. The van der Waals surface area contributed by atoms with Gasteiger partial charge in [-0.25, -0.2) is 0 Å². The molecule has 2 aromatic carbocycles. The van der Waals surface area contributed by atoms with Crippen LogP contribution in [-0.4, -0.2) is 19.1 Å². The third-order valence-electron chi connectivity index (χ3n) is 2.72. The molecule has 0 unspecified atom stereocenters. The maximum atomic E-state index is 11.2. The van der Waals surface area contributed by atoms with Gasteiger partial charge in [-0.2, -0.15) is 0 Å². The Balaban J connectivity index is 2.42. The van der Waals surface area contributed by atoms with E-state index >= 15 is 0 Å². The Hall–Kier alpha value is -2.28. The fraction of sp³-hybridized carbons (Fsp3) is 0.143. The smallest absolute Gasteiger partial charge is 0.352 e. The van der Waals surface area contributed by atoms with E-state index in [1.54, 1.807) is 31.4 Å². The summed E-state index contributed by atoms with van der Waals surface area (Å²) in [7, 11) is 2.92. The van der Waals surface area contributed by atoms with E-state index in [0.717, 1.165) is 0 Å². The summed E-state index contributed by atoms with van der Waals surface area (Å²) < 4.78 is 16.3. The van der Waals surface area contributed by atoms with E-state index in [4.69, 9.17) is 14.2 Å². The van der Waals surface area contributed by atoms with Gasteiger partial charge in [0.2, 0.25) is 11.5 Å². The van der Waals surface area contributed by atoms with E-state index in [0.29, 0.717) is 16.0 Å². The summed E-state index contributed by atoms with van der Waals surface area (Å²) in [5, 5.41) is 11.2. The van der Waals surface area contributed by atoms with Crippen LogP contribution in [0.3, 0.4) is 0 Å².